The van der Waals surface area contributed by atoms with Crippen LogP contribution in [0.4, 0.5) is 0 Å². The van der Waals surface area contributed by atoms with Crippen LogP contribution in [-0.2, 0) is 23.8 Å². The molecule has 72 heavy (non-hydrogen) atoms. The molecule has 0 aromatic rings. The molecule has 0 radical (unpaired) electrons. The van der Waals surface area contributed by atoms with Crippen molar-refractivity contribution in [3.8, 4) is 0 Å². The minimum atomic E-state index is -1.58. The first-order chi connectivity index (χ1) is 35.2. The second-order valence-electron chi connectivity index (χ2n) is 20.3. The average molecular weight is 1020 g/mol. The van der Waals surface area contributed by atoms with E-state index >= 15 is 0 Å². The number of allylic oxidation sites excluding steroid dienone is 9. The summed E-state index contributed by atoms with van der Waals surface area (Å²) in [4.78, 5) is 25.1. The number of aliphatic hydroxyl groups excluding tert-OH is 5. The first-order valence-electron chi connectivity index (χ1n) is 29.6. The molecule has 0 aromatic heterocycles. The van der Waals surface area contributed by atoms with E-state index in [4.69, 9.17) is 14.2 Å². The molecule has 0 spiro atoms. The normalized spacial score (nSPS) is 19.5. The highest BCUT2D eigenvalue weighted by molar-refractivity contribution is 5.76. The Morgan fingerprint density at radius 2 is 0.944 bits per heavy atom. The number of carbonyl (C=O) groups excluding carboxylic acids is 2. The second-order valence-corrected chi connectivity index (χ2v) is 20.3. The van der Waals surface area contributed by atoms with Gasteiger partial charge < -0.3 is 45.1 Å². The third-order valence-corrected chi connectivity index (χ3v) is 13.6. The van der Waals surface area contributed by atoms with Gasteiger partial charge in [-0.3, -0.25) is 9.59 Å². The molecule has 6 N–H and O–H groups in total. The van der Waals surface area contributed by atoms with Crippen LogP contribution in [0.5, 0.6) is 0 Å². The lowest BCUT2D eigenvalue weighted by atomic mass is 9.99. The summed E-state index contributed by atoms with van der Waals surface area (Å²) in [6.45, 7) is 4.21. The van der Waals surface area contributed by atoms with Gasteiger partial charge in [-0.25, -0.2) is 0 Å². The topological polar surface area (TPSA) is 175 Å². The third-order valence-electron chi connectivity index (χ3n) is 13.6. The fraction of sp³-hybridized carbons (Fsp3) is 0.803. The molecule has 11 heteroatoms. The van der Waals surface area contributed by atoms with Crippen LogP contribution in [-0.4, -0.2) is 100 Å². The van der Waals surface area contributed by atoms with Gasteiger partial charge >= 0.3 is 5.97 Å². The first kappa shape index (κ1) is 67.4. The summed E-state index contributed by atoms with van der Waals surface area (Å²) in [5.74, 6) is -0.233. The summed E-state index contributed by atoms with van der Waals surface area (Å²) >= 11 is 0. The Morgan fingerprint density at radius 3 is 1.46 bits per heavy atom. The van der Waals surface area contributed by atoms with Crippen molar-refractivity contribution in [1.29, 1.82) is 0 Å². The molecular weight excluding hydrogens is 907 g/mol. The van der Waals surface area contributed by atoms with Gasteiger partial charge in [0, 0.05) is 12.8 Å². The van der Waals surface area contributed by atoms with Gasteiger partial charge in [-0.05, 0) is 103 Å². The molecule has 0 saturated carbocycles. The van der Waals surface area contributed by atoms with Gasteiger partial charge in [-0.2, -0.15) is 0 Å². The van der Waals surface area contributed by atoms with Crippen LogP contribution >= 0.6 is 0 Å². The summed E-state index contributed by atoms with van der Waals surface area (Å²) < 4.78 is 16.7. The highest BCUT2D eigenvalue weighted by Crippen LogP contribution is 2.23. The quantitative estimate of drug-likeness (QED) is 0.0195. The first-order valence-corrected chi connectivity index (χ1v) is 29.6. The number of amides is 1. The summed E-state index contributed by atoms with van der Waals surface area (Å²) in [6, 6.07) is -0.838. The lowest BCUT2D eigenvalue weighted by Crippen LogP contribution is -2.60. The average Bonchev–Trinajstić information content (AvgIpc) is 3.38. The van der Waals surface area contributed by atoms with Gasteiger partial charge in [-0.15, -0.1) is 0 Å². The molecule has 1 saturated heterocycles. The molecule has 1 aliphatic rings. The van der Waals surface area contributed by atoms with Crippen molar-refractivity contribution < 1.29 is 49.3 Å². The van der Waals surface area contributed by atoms with E-state index in [1.807, 2.05) is 6.08 Å². The zero-order chi connectivity index (χ0) is 52.4. The largest absolute Gasteiger partial charge is 0.466 e. The van der Waals surface area contributed by atoms with E-state index in [1.54, 1.807) is 6.08 Å². The maximum absolute atomic E-state index is 13.0. The van der Waals surface area contributed by atoms with E-state index in [0.717, 1.165) is 96.3 Å². The smallest absolute Gasteiger partial charge is 0.305 e. The van der Waals surface area contributed by atoms with E-state index < -0.39 is 49.5 Å². The summed E-state index contributed by atoms with van der Waals surface area (Å²) in [6.07, 6.45) is 54.7. The number of hydrogen-bond acceptors (Lipinski definition) is 10. The predicted octanol–water partition coefficient (Wildman–Crippen LogP) is 13.4. The Morgan fingerprint density at radius 1 is 0.514 bits per heavy atom. The molecule has 0 aromatic carbocycles. The minimum absolute atomic E-state index is 0.0223. The Hall–Kier alpha value is -2.64. The van der Waals surface area contributed by atoms with Crippen molar-refractivity contribution in [2.45, 2.75) is 294 Å². The van der Waals surface area contributed by atoms with E-state index in [9.17, 15) is 35.1 Å². The maximum atomic E-state index is 13.0. The zero-order valence-corrected chi connectivity index (χ0v) is 45.9. The minimum Gasteiger partial charge on any atom is -0.466 e. The third kappa shape index (κ3) is 39.8. The summed E-state index contributed by atoms with van der Waals surface area (Å²) in [7, 11) is 0. The molecule has 1 fully saturated rings. The molecular formula is C61H109NO10. The highest BCUT2D eigenvalue weighted by atomic mass is 16.7. The van der Waals surface area contributed by atoms with E-state index in [-0.39, 0.29) is 18.5 Å². The number of aliphatic hydroxyl groups is 5. The number of ether oxygens (including phenoxy) is 3. The van der Waals surface area contributed by atoms with Crippen LogP contribution in [0.2, 0.25) is 0 Å². The van der Waals surface area contributed by atoms with E-state index in [2.05, 4.69) is 67.8 Å². The second kappa shape index (κ2) is 50.5. The van der Waals surface area contributed by atoms with Gasteiger partial charge in [0.25, 0.3) is 0 Å². The molecule has 418 valence electrons. The molecule has 11 nitrogen and oxygen atoms in total. The molecule has 0 aliphatic carbocycles. The number of rotatable bonds is 50. The van der Waals surface area contributed by atoms with Crippen LogP contribution < -0.4 is 5.32 Å². The molecule has 7 unspecified atom stereocenters. The number of carbonyl (C=O) groups is 2. The Bertz CT molecular complexity index is 1380. The number of unbranched alkanes of at least 4 members (excludes halogenated alkanes) is 28. The predicted molar refractivity (Wildman–Crippen MR) is 296 cm³/mol. The molecule has 7 atom stereocenters. The van der Waals surface area contributed by atoms with Crippen LogP contribution in [0.3, 0.4) is 0 Å². The lowest BCUT2D eigenvalue weighted by molar-refractivity contribution is -0.302. The van der Waals surface area contributed by atoms with Crippen molar-refractivity contribution in [3.63, 3.8) is 0 Å². The lowest BCUT2D eigenvalue weighted by Gasteiger charge is -2.40. The number of esters is 1. The summed E-state index contributed by atoms with van der Waals surface area (Å²) in [5, 5.41) is 54.1. The van der Waals surface area contributed by atoms with Crippen molar-refractivity contribution >= 4 is 11.9 Å². The fourth-order valence-corrected chi connectivity index (χ4v) is 8.83. The number of hydrogen-bond donors (Lipinski definition) is 6. The fourth-order valence-electron chi connectivity index (χ4n) is 8.83. The number of nitrogens with one attached hydrogen (secondary N) is 1. The molecule has 0 bridgehead atoms. The van der Waals surface area contributed by atoms with E-state index in [0.29, 0.717) is 19.4 Å². The molecule has 1 rings (SSSR count). The Labute approximate surface area is 439 Å². The van der Waals surface area contributed by atoms with Gasteiger partial charge in [0.15, 0.2) is 6.29 Å². The highest BCUT2D eigenvalue weighted by Gasteiger charge is 2.44. The van der Waals surface area contributed by atoms with Crippen LogP contribution in [0.25, 0.3) is 0 Å². The van der Waals surface area contributed by atoms with Gasteiger partial charge in [0.05, 0.1) is 32.0 Å². The molecule has 1 amide bonds. The monoisotopic (exact) mass is 1020 g/mol. The van der Waals surface area contributed by atoms with Crippen LogP contribution in [0.1, 0.15) is 251 Å². The zero-order valence-electron chi connectivity index (χ0n) is 45.9. The van der Waals surface area contributed by atoms with Crippen molar-refractivity contribution in [1.82, 2.24) is 5.32 Å². The van der Waals surface area contributed by atoms with E-state index in [1.165, 1.54) is 128 Å². The SMILES string of the molecule is CCCCC/C=C\C/C=C\CCCCCCCCCC(=O)OCCCCCCCCCCC/C=C\CCCCCCCC(=O)NC(COC1OC(CO)C(O)C(O)C1O)C(O)/C=C/CC/C=C/CCCCC. The molecule has 1 heterocycles. The molecule has 1 aliphatic heterocycles. The Balaban J connectivity index is 2.04. The van der Waals surface area contributed by atoms with Crippen molar-refractivity contribution in [2.24, 2.45) is 0 Å². The van der Waals surface area contributed by atoms with Crippen molar-refractivity contribution in [3.05, 3.63) is 60.8 Å². The van der Waals surface area contributed by atoms with Crippen LogP contribution in [0, 0.1) is 0 Å². The Kier molecular flexibility index (Phi) is 47.3. The standard InChI is InChI=1S/C61H109NO10/c1-3-5-7-9-11-13-14-15-16-19-23-26-29-33-37-41-45-49-57(66)70-50-46-42-38-34-30-27-24-21-18-17-20-22-25-28-32-36-40-44-48-56(65)62-53(54(64)47-43-39-35-31-12-10-8-6-4-2)52-71-61-60(69)59(68)58(67)55(51-63)72-61/h11-13,15-16,20,22,31,43,47,53-55,58-61,63-64,67-69H,3-10,14,17-19,21,23-30,32-42,44-46,48-52H2,1-2H3,(H,62,65)/b13-11-,16-15-,22-20-,31-12+,47-43+. The maximum Gasteiger partial charge on any atom is 0.305 e. The van der Waals surface area contributed by atoms with Crippen molar-refractivity contribution in [2.75, 3.05) is 19.8 Å². The van der Waals surface area contributed by atoms with Gasteiger partial charge in [0.1, 0.15) is 24.4 Å². The van der Waals surface area contributed by atoms with Gasteiger partial charge in [0.2, 0.25) is 5.91 Å². The van der Waals surface area contributed by atoms with Gasteiger partial charge in [-0.1, -0.05) is 197 Å². The van der Waals surface area contributed by atoms with Crippen LogP contribution in [0.15, 0.2) is 60.8 Å². The summed E-state index contributed by atoms with van der Waals surface area (Å²) in [5.41, 5.74) is 0.